The van der Waals surface area contributed by atoms with Gasteiger partial charge in [0.1, 0.15) is 6.04 Å². The Hall–Kier alpha value is -1.10. The lowest BCUT2D eigenvalue weighted by Crippen LogP contribution is -2.37. The summed E-state index contributed by atoms with van der Waals surface area (Å²) in [6.07, 6.45) is 0.869. The molecule has 1 aliphatic rings. The summed E-state index contributed by atoms with van der Waals surface area (Å²) >= 11 is 0. The van der Waals surface area contributed by atoms with Crippen molar-refractivity contribution in [1.82, 2.24) is 5.32 Å². The van der Waals surface area contributed by atoms with Crippen LogP contribution in [0.15, 0.2) is 0 Å². The first-order valence-corrected chi connectivity index (χ1v) is 5.65. The molecule has 0 aliphatic carbocycles. The molecule has 0 spiro atoms. The molecule has 1 fully saturated rings. The van der Waals surface area contributed by atoms with Gasteiger partial charge in [0.05, 0.1) is 6.42 Å². The Bertz CT molecular complexity index is 279. The molecule has 0 bridgehead atoms. The molecule has 5 nitrogen and oxygen atoms in total. The van der Waals surface area contributed by atoms with Gasteiger partial charge in [0, 0.05) is 0 Å². The predicted molar refractivity (Wildman–Crippen MR) is 58.1 cm³/mol. The van der Waals surface area contributed by atoms with E-state index in [2.05, 4.69) is 5.32 Å². The summed E-state index contributed by atoms with van der Waals surface area (Å²) in [5.41, 5.74) is 0. The van der Waals surface area contributed by atoms with Crippen LogP contribution in [0.25, 0.3) is 0 Å². The van der Waals surface area contributed by atoms with Crippen LogP contribution in [0.1, 0.15) is 26.7 Å². The molecule has 5 heteroatoms. The molecule has 4 atom stereocenters. The molecule has 1 unspecified atom stereocenters. The normalized spacial score (nSPS) is 31.2. The molecule has 1 rings (SSSR count). The first kappa shape index (κ1) is 13.0. The summed E-state index contributed by atoms with van der Waals surface area (Å²) in [6, 6.07) is -0.713. The molecule has 1 saturated heterocycles. The smallest absolute Gasteiger partial charge is 0.321 e. The van der Waals surface area contributed by atoms with E-state index in [0.29, 0.717) is 12.5 Å². The van der Waals surface area contributed by atoms with Crippen molar-refractivity contribution in [3.05, 3.63) is 0 Å². The number of carboxylic acid groups (broad SMARTS) is 2. The minimum atomic E-state index is -0.947. The van der Waals surface area contributed by atoms with Crippen LogP contribution in [0.4, 0.5) is 0 Å². The standard InChI is InChI=1S/C11H19NO4/c1-3-6(2)8-5-12-10(11(15)16)7(8)4-9(13)14/h6-8,10,12H,3-5H2,1-2H3,(H,13,14)(H,15,16)/t6-,7+,8?,10+/m1/s1. The van der Waals surface area contributed by atoms with E-state index in [0.717, 1.165) is 6.42 Å². The second-order valence-electron chi connectivity index (χ2n) is 4.54. The second-order valence-corrected chi connectivity index (χ2v) is 4.54. The molecule has 0 radical (unpaired) electrons. The molecular weight excluding hydrogens is 210 g/mol. The molecule has 0 aromatic heterocycles. The molecule has 16 heavy (non-hydrogen) atoms. The Morgan fingerprint density at radius 3 is 2.50 bits per heavy atom. The maximum atomic E-state index is 11.0. The Morgan fingerprint density at radius 1 is 1.44 bits per heavy atom. The minimum Gasteiger partial charge on any atom is -0.481 e. The zero-order valence-corrected chi connectivity index (χ0v) is 9.64. The monoisotopic (exact) mass is 229 g/mol. The summed E-state index contributed by atoms with van der Waals surface area (Å²) in [4.78, 5) is 21.8. The van der Waals surface area contributed by atoms with Crippen molar-refractivity contribution in [2.45, 2.75) is 32.7 Å². The highest BCUT2D eigenvalue weighted by Gasteiger charge is 2.42. The Kier molecular flexibility index (Phi) is 4.29. The van der Waals surface area contributed by atoms with Crippen molar-refractivity contribution in [2.24, 2.45) is 17.8 Å². The SMILES string of the molecule is CC[C@@H](C)C1CN[C@H](C(=O)O)[C@H]1CC(=O)O. The molecule has 0 amide bonds. The van der Waals surface area contributed by atoms with Gasteiger partial charge in [-0.2, -0.15) is 0 Å². The first-order valence-electron chi connectivity index (χ1n) is 5.65. The molecule has 92 valence electrons. The van der Waals surface area contributed by atoms with Crippen LogP contribution in [-0.2, 0) is 9.59 Å². The average molecular weight is 229 g/mol. The van der Waals surface area contributed by atoms with E-state index in [1.54, 1.807) is 0 Å². The van der Waals surface area contributed by atoms with E-state index in [1.807, 2.05) is 13.8 Å². The number of carbonyl (C=O) groups is 2. The van der Waals surface area contributed by atoms with Gasteiger partial charge in [-0.15, -0.1) is 0 Å². The fraction of sp³-hybridized carbons (Fsp3) is 0.818. The van der Waals surface area contributed by atoms with Crippen molar-refractivity contribution in [1.29, 1.82) is 0 Å². The van der Waals surface area contributed by atoms with Crippen molar-refractivity contribution >= 4 is 11.9 Å². The van der Waals surface area contributed by atoms with E-state index >= 15 is 0 Å². The number of rotatable bonds is 5. The van der Waals surface area contributed by atoms with E-state index in [1.165, 1.54) is 0 Å². The lowest BCUT2D eigenvalue weighted by Gasteiger charge is -2.24. The van der Waals surface area contributed by atoms with Crippen molar-refractivity contribution < 1.29 is 19.8 Å². The fourth-order valence-corrected chi connectivity index (χ4v) is 2.48. The molecule has 0 aromatic carbocycles. The third kappa shape index (κ3) is 2.72. The number of nitrogens with one attached hydrogen (secondary N) is 1. The van der Waals surface area contributed by atoms with Gasteiger partial charge in [0.15, 0.2) is 0 Å². The number of hydrogen-bond acceptors (Lipinski definition) is 3. The van der Waals surface area contributed by atoms with Crippen molar-refractivity contribution in [2.75, 3.05) is 6.54 Å². The summed E-state index contributed by atoms with van der Waals surface area (Å²) in [7, 11) is 0. The van der Waals surface area contributed by atoms with Gasteiger partial charge in [-0.3, -0.25) is 9.59 Å². The number of aliphatic carboxylic acids is 2. The first-order chi connectivity index (χ1) is 7.47. The van der Waals surface area contributed by atoms with Crippen LogP contribution < -0.4 is 5.32 Å². The van der Waals surface area contributed by atoms with E-state index in [4.69, 9.17) is 10.2 Å². The topological polar surface area (TPSA) is 86.6 Å². The lowest BCUT2D eigenvalue weighted by molar-refractivity contribution is -0.142. The van der Waals surface area contributed by atoms with Crippen LogP contribution in [0, 0.1) is 17.8 Å². The molecule has 3 N–H and O–H groups in total. The maximum Gasteiger partial charge on any atom is 0.321 e. The van der Waals surface area contributed by atoms with Crippen LogP contribution in [0.5, 0.6) is 0 Å². The zero-order chi connectivity index (χ0) is 12.3. The summed E-state index contributed by atoms with van der Waals surface area (Å²) in [6.45, 7) is 4.69. The Morgan fingerprint density at radius 2 is 2.06 bits per heavy atom. The van der Waals surface area contributed by atoms with Gasteiger partial charge >= 0.3 is 11.9 Å². The van der Waals surface area contributed by atoms with Crippen LogP contribution in [-0.4, -0.2) is 34.7 Å². The number of hydrogen-bond donors (Lipinski definition) is 3. The predicted octanol–water partition coefficient (Wildman–Crippen LogP) is 0.796. The zero-order valence-electron chi connectivity index (χ0n) is 9.64. The second kappa shape index (κ2) is 5.30. The third-order valence-electron chi connectivity index (χ3n) is 3.60. The van der Waals surface area contributed by atoms with Crippen molar-refractivity contribution in [3.8, 4) is 0 Å². The summed E-state index contributed by atoms with van der Waals surface area (Å²) in [5.74, 6) is -1.68. The van der Waals surface area contributed by atoms with Gasteiger partial charge < -0.3 is 15.5 Å². The average Bonchev–Trinajstić information content (AvgIpc) is 2.59. The molecule has 1 aliphatic heterocycles. The lowest BCUT2D eigenvalue weighted by atomic mass is 9.79. The van der Waals surface area contributed by atoms with Crippen LogP contribution in [0.3, 0.4) is 0 Å². The van der Waals surface area contributed by atoms with Gasteiger partial charge in [0.2, 0.25) is 0 Å². The van der Waals surface area contributed by atoms with Gasteiger partial charge in [-0.25, -0.2) is 0 Å². The van der Waals surface area contributed by atoms with E-state index in [-0.39, 0.29) is 18.3 Å². The quantitative estimate of drug-likeness (QED) is 0.649. The highest BCUT2D eigenvalue weighted by molar-refractivity contribution is 5.76. The Balaban J connectivity index is 2.78. The number of carboxylic acids is 2. The maximum absolute atomic E-state index is 11.0. The Labute approximate surface area is 94.8 Å². The van der Waals surface area contributed by atoms with Gasteiger partial charge in [0.25, 0.3) is 0 Å². The largest absolute Gasteiger partial charge is 0.481 e. The fourth-order valence-electron chi connectivity index (χ4n) is 2.48. The van der Waals surface area contributed by atoms with Crippen molar-refractivity contribution in [3.63, 3.8) is 0 Å². The highest BCUT2D eigenvalue weighted by Crippen LogP contribution is 2.33. The minimum absolute atomic E-state index is 0.0705. The summed E-state index contributed by atoms with van der Waals surface area (Å²) < 4.78 is 0. The van der Waals surface area contributed by atoms with E-state index in [9.17, 15) is 9.59 Å². The molecule has 0 aromatic rings. The molecular formula is C11H19NO4. The van der Waals surface area contributed by atoms with Crippen LogP contribution in [0.2, 0.25) is 0 Å². The molecule has 1 heterocycles. The summed E-state index contributed by atoms with van der Waals surface area (Å²) in [5, 5.41) is 20.8. The van der Waals surface area contributed by atoms with Gasteiger partial charge in [-0.1, -0.05) is 20.3 Å². The molecule has 0 saturated carbocycles. The van der Waals surface area contributed by atoms with Gasteiger partial charge in [-0.05, 0) is 24.3 Å². The van der Waals surface area contributed by atoms with E-state index < -0.39 is 18.0 Å². The third-order valence-corrected chi connectivity index (χ3v) is 3.60. The van der Waals surface area contributed by atoms with Crippen LogP contribution >= 0.6 is 0 Å². The highest BCUT2D eigenvalue weighted by atomic mass is 16.4.